The zero-order valence-electron chi connectivity index (χ0n) is 14.3. The topological polar surface area (TPSA) is 43.4 Å². The number of ether oxygens (including phenoxy) is 1. The summed E-state index contributed by atoms with van der Waals surface area (Å²) in [5, 5.41) is 0.551. The number of esters is 1. The molecule has 24 heavy (non-hydrogen) atoms. The molecule has 0 saturated heterocycles. The number of hydrogen-bond acceptors (Lipinski definition) is 3. The first-order chi connectivity index (χ1) is 11.2. The van der Waals surface area contributed by atoms with E-state index in [1.165, 1.54) is 0 Å². The van der Waals surface area contributed by atoms with Gasteiger partial charge in [0.05, 0.1) is 5.56 Å². The summed E-state index contributed by atoms with van der Waals surface area (Å²) in [6.07, 6.45) is -0.860. The first-order valence-corrected chi connectivity index (χ1v) is 8.17. The first kappa shape index (κ1) is 18.2. The van der Waals surface area contributed by atoms with Gasteiger partial charge in [-0.25, -0.2) is 4.79 Å². The molecule has 0 saturated carbocycles. The van der Waals surface area contributed by atoms with E-state index in [1.807, 2.05) is 12.1 Å². The summed E-state index contributed by atoms with van der Waals surface area (Å²) in [6.45, 7) is 7.88. The van der Waals surface area contributed by atoms with Gasteiger partial charge in [0.15, 0.2) is 6.10 Å². The highest BCUT2D eigenvalue weighted by molar-refractivity contribution is 6.30. The maximum Gasteiger partial charge on any atom is 0.338 e. The maximum absolute atomic E-state index is 12.3. The van der Waals surface area contributed by atoms with Crippen LogP contribution in [0.2, 0.25) is 5.02 Å². The van der Waals surface area contributed by atoms with E-state index in [2.05, 4.69) is 20.8 Å². The third kappa shape index (κ3) is 4.45. The molecule has 0 fully saturated rings. The lowest BCUT2D eigenvalue weighted by Gasteiger charge is -2.19. The third-order valence-electron chi connectivity index (χ3n) is 3.77. The highest BCUT2D eigenvalue weighted by Crippen LogP contribution is 2.22. The number of benzene rings is 2. The van der Waals surface area contributed by atoms with Crippen molar-refractivity contribution in [2.75, 3.05) is 0 Å². The van der Waals surface area contributed by atoms with Crippen LogP contribution in [0.1, 0.15) is 54.0 Å². The molecule has 0 aliphatic rings. The molecule has 2 aromatic rings. The Labute approximate surface area is 147 Å². The zero-order valence-corrected chi connectivity index (χ0v) is 15.1. The van der Waals surface area contributed by atoms with Gasteiger partial charge in [0.1, 0.15) is 0 Å². The average molecular weight is 345 g/mol. The molecule has 0 aliphatic carbocycles. The van der Waals surface area contributed by atoms with Gasteiger partial charge in [0.25, 0.3) is 0 Å². The lowest BCUT2D eigenvalue weighted by atomic mass is 9.87. The van der Waals surface area contributed by atoms with Crippen LogP contribution in [0, 0.1) is 0 Å². The van der Waals surface area contributed by atoms with Crippen molar-refractivity contribution in [2.24, 2.45) is 0 Å². The minimum Gasteiger partial charge on any atom is -0.451 e. The molecule has 0 heterocycles. The van der Waals surface area contributed by atoms with Crippen LogP contribution in [-0.2, 0) is 10.2 Å². The minimum absolute atomic E-state index is 0.0142. The van der Waals surface area contributed by atoms with Gasteiger partial charge in [-0.05, 0) is 54.3 Å². The molecule has 3 nitrogen and oxygen atoms in total. The fourth-order valence-corrected chi connectivity index (χ4v) is 2.36. The molecular formula is C20H21ClO3. The zero-order chi connectivity index (χ0) is 17.9. The summed E-state index contributed by atoms with van der Waals surface area (Å²) in [4.78, 5) is 24.5. The van der Waals surface area contributed by atoms with Gasteiger partial charge in [0.2, 0.25) is 5.78 Å². The van der Waals surface area contributed by atoms with Crippen LogP contribution in [0.15, 0.2) is 48.5 Å². The summed E-state index contributed by atoms with van der Waals surface area (Å²) in [7, 11) is 0. The fraction of sp³-hybridized carbons (Fsp3) is 0.300. The van der Waals surface area contributed by atoms with Gasteiger partial charge in [0, 0.05) is 10.6 Å². The molecule has 126 valence electrons. The molecule has 0 N–H and O–H groups in total. The van der Waals surface area contributed by atoms with Crippen LogP contribution in [0.3, 0.4) is 0 Å². The average Bonchev–Trinajstić information content (AvgIpc) is 2.54. The smallest absolute Gasteiger partial charge is 0.338 e. The van der Waals surface area contributed by atoms with Crippen molar-refractivity contribution < 1.29 is 14.3 Å². The predicted molar refractivity (Wildman–Crippen MR) is 95.8 cm³/mol. The van der Waals surface area contributed by atoms with Gasteiger partial charge < -0.3 is 4.74 Å². The molecule has 0 spiro atoms. The molecule has 0 unspecified atom stereocenters. The van der Waals surface area contributed by atoms with E-state index in [4.69, 9.17) is 16.3 Å². The molecule has 0 aliphatic heterocycles. The minimum atomic E-state index is -0.860. The second-order valence-corrected chi connectivity index (χ2v) is 7.18. The van der Waals surface area contributed by atoms with Crippen molar-refractivity contribution in [1.82, 2.24) is 0 Å². The van der Waals surface area contributed by atoms with Crippen molar-refractivity contribution in [2.45, 2.75) is 39.2 Å². The molecule has 1 atom stereocenters. The lowest BCUT2D eigenvalue weighted by molar-refractivity contribution is 0.0319. The number of Topliss-reactive ketones (excluding diaryl/α,β-unsaturated/α-hetero) is 1. The van der Waals surface area contributed by atoms with Crippen LogP contribution in [0.4, 0.5) is 0 Å². The highest BCUT2D eigenvalue weighted by atomic mass is 35.5. The van der Waals surface area contributed by atoms with E-state index in [-0.39, 0.29) is 11.2 Å². The number of rotatable bonds is 4. The van der Waals surface area contributed by atoms with Crippen LogP contribution in [-0.4, -0.2) is 17.9 Å². The Morgan fingerprint density at radius 3 is 1.92 bits per heavy atom. The summed E-state index contributed by atoms with van der Waals surface area (Å²) in [6, 6.07) is 13.8. The Balaban J connectivity index is 2.05. The van der Waals surface area contributed by atoms with Gasteiger partial charge in [-0.1, -0.05) is 44.5 Å². The molecule has 0 radical (unpaired) electrons. The Morgan fingerprint density at radius 1 is 0.917 bits per heavy atom. The van der Waals surface area contributed by atoms with Crippen LogP contribution in [0.5, 0.6) is 0 Å². The second kappa shape index (κ2) is 7.18. The SMILES string of the molecule is C[C@@H](OC(=O)c1ccc(C(C)(C)C)cc1)C(=O)c1ccc(Cl)cc1. The standard InChI is InChI=1S/C20H21ClO3/c1-13(18(22)14-7-11-17(21)12-8-14)24-19(23)15-5-9-16(10-6-15)20(2,3)4/h5-13H,1-4H3/t13-/m1/s1. The molecule has 2 aromatic carbocycles. The molecule has 0 bridgehead atoms. The molecule has 2 rings (SSSR count). The lowest BCUT2D eigenvalue weighted by Crippen LogP contribution is -2.24. The number of hydrogen-bond donors (Lipinski definition) is 0. The fourth-order valence-electron chi connectivity index (χ4n) is 2.24. The number of carbonyl (C=O) groups is 2. The molecule has 0 aromatic heterocycles. The summed E-state index contributed by atoms with van der Waals surface area (Å²) in [5.74, 6) is -0.767. The molecule has 0 amide bonds. The van der Waals surface area contributed by atoms with Gasteiger partial charge in [-0.3, -0.25) is 4.79 Å². The van der Waals surface area contributed by atoms with Crippen molar-refractivity contribution in [3.05, 3.63) is 70.2 Å². The first-order valence-electron chi connectivity index (χ1n) is 7.80. The van der Waals surface area contributed by atoms with E-state index in [0.717, 1.165) is 5.56 Å². The third-order valence-corrected chi connectivity index (χ3v) is 4.02. The largest absolute Gasteiger partial charge is 0.451 e. The summed E-state index contributed by atoms with van der Waals surface area (Å²) >= 11 is 5.81. The Bertz CT molecular complexity index is 725. The maximum atomic E-state index is 12.3. The van der Waals surface area contributed by atoms with Crippen LogP contribution in [0.25, 0.3) is 0 Å². The van der Waals surface area contributed by atoms with Crippen LogP contribution < -0.4 is 0 Å². The van der Waals surface area contributed by atoms with E-state index >= 15 is 0 Å². The quantitative estimate of drug-likeness (QED) is 0.574. The van der Waals surface area contributed by atoms with E-state index in [9.17, 15) is 9.59 Å². The highest BCUT2D eigenvalue weighted by Gasteiger charge is 2.21. The Kier molecular flexibility index (Phi) is 5.45. The number of halogens is 1. The summed E-state index contributed by atoms with van der Waals surface area (Å²) in [5.41, 5.74) is 2.03. The van der Waals surface area contributed by atoms with Crippen molar-refractivity contribution >= 4 is 23.4 Å². The van der Waals surface area contributed by atoms with E-state index in [1.54, 1.807) is 43.3 Å². The van der Waals surface area contributed by atoms with E-state index in [0.29, 0.717) is 16.1 Å². The Hall–Kier alpha value is -2.13. The van der Waals surface area contributed by atoms with E-state index < -0.39 is 12.1 Å². The van der Waals surface area contributed by atoms with Gasteiger partial charge in [-0.2, -0.15) is 0 Å². The Morgan fingerprint density at radius 2 is 1.42 bits per heavy atom. The van der Waals surface area contributed by atoms with Crippen LogP contribution >= 0.6 is 11.6 Å². The monoisotopic (exact) mass is 344 g/mol. The van der Waals surface area contributed by atoms with Crippen molar-refractivity contribution in [3.63, 3.8) is 0 Å². The number of carbonyl (C=O) groups excluding carboxylic acids is 2. The molecular weight excluding hydrogens is 324 g/mol. The van der Waals surface area contributed by atoms with Crippen molar-refractivity contribution in [3.8, 4) is 0 Å². The van der Waals surface area contributed by atoms with Gasteiger partial charge in [-0.15, -0.1) is 0 Å². The van der Waals surface area contributed by atoms with Crippen molar-refractivity contribution in [1.29, 1.82) is 0 Å². The number of ketones is 1. The summed E-state index contributed by atoms with van der Waals surface area (Å²) < 4.78 is 5.29. The normalized spacial score (nSPS) is 12.5. The molecule has 4 heteroatoms. The second-order valence-electron chi connectivity index (χ2n) is 6.75. The van der Waals surface area contributed by atoms with Gasteiger partial charge >= 0.3 is 5.97 Å². The predicted octanol–water partition coefficient (Wildman–Crippen LogP) is 5.07.